The number of rotatable bonds is 10. The Balaban J connectivity index is 0.00000134. The first kappa shape index (κ1) is 31.9. The lowest BCUT2D eigenvalue weighted by Crippen LogP contribution is -2.12. The lowest BCUT2D eigenvalue weighted by atomic mass is 10.1. The summed E-state index contributed by atoms with van der Waals surface area (Å²) in [6, 6.07) is 9.95. The van der Waals surface area contributed by atoms with Gasteiger partial charge in [-0.25, -0.2) is 13.6 Å². The Morgan fingerprint density at radius 1 is 1.10 bits per heavy atom. The molecule has 5 N–H and O–H groups in total. The molecule has 4 rings (SSSR count). The van der Waals surface area contributed by atoms with E-state index in [0.717, 1.165) is 0 Å². The topological polar surface area (TPSA) is 148 Å². The van der Waals surface area contributed by atoms with Gasteiger partial charge in [-0.2, -0.15) is 13.9 Å². The molecule has 0 aliphatic carbocycles. The summed E-state index contributed by atoms with van der Waals surface area (Å²) in [6.07, 6.45) is 4.40. The molecule has 0 bridgehead atoms. The minimum Gasteiger partial charge on any atom is -0.485 e. The number of hydrogen-bond donors (Lipinski definition) is 4. The van der Waals surface area contributed by atoms with Gasteiger partial charge in [0.25, 0.3) is 0 Å². The molecule has 0 fully saturated rings. The summed E-state index contributed by atoms with van der Waals surface area (Å²) in [5.74, 6) is -2.81. The molecule has 1 unspecified atom stereocenters. The summed E-state index contributed by atoms with van der Waals surface area (Å²) < 4.78 is 58.9. The first-order chi connectivity index (χ1) is 19.4. The number of benzene rings is 2. The number of ether oxygens (including phenoxy) is 1. The molecule has 40 heavy (non-hydrogen) atoms. The van der Waals surface area contributed by atoms with Crippen molar-refractivity contribution in [2.45, 2.75) is 32.6 Å². The molecular formula is C26H30F3N7O3S. The van der Waals surface area contributed by atoms with Crippen LogP contribution in [-0.4, -0.2) is 43.5 Å². The number of nitrogens with zero attached hydrogens (tertiary/aromatic N) is 3. The molecule has 0 radical (unpaired) electrons. The van der Waals surface area contributed by atoms with Gasteiger partial charge in [0.2, 0.25) is 0 Å². The normalized spacial score (nSPS) is 11.7. The molecule has 214 valence electrons. The molecule has 2 atom stereocenters. The number of halogens is 3. The Labute approximate surface area is 232 Å². The molecule has 10 nitrogen and oxygen atoms in total. The molecule has 0 aliphatic rings. The average Bonchev–Trinajstić information content (AvgIpc) is 3.38. The number of carbonyl (C=O) groups is 1. The van der Waals surface area contributed by atoms with Gasteiger partial charge in [0.05, 0.1) is 23.1 Å². The van der Waals surface area contributed by atoms with E-state index in [-0.39, 0.29) is 28.5 Å². The van der Waals surface area contributed by atoms with Gasteiger partial charge in [-0.3, -0.25) is 14.9 Å². The number of H-pyrrole nitrogens is 1. The minimum atomic E-state index is -3.10. The highest BCUT2D eigenvalue weighted by molar-refractivity contribution is 7.86. The first-order valence-electron chi connectivity index (χ1n) is 12.0. The Hall–Kier alpha value is -4.30. The largest absolute Gasteiger partial charge is 0.485 e. The van der Waals surface area contributed by atoms with Crippen molar-refractivity contribution in [2.75, 3.05) is 17.1 Å². The fourth-order valence-electron chi connectivity index (χ4n) is 3.29. The van der Waals surface area contributed by atoms with E-state index in [1.165, 1.54) is 56.0 Å². The predicted octanol–water partition coefficient (Wildman–Crippen LogP) is 5.60. The average molecular weight is 578 g/mol. The van der Waals surface area contributed by atoms with E-state index in [9.17, 15) is 22.2 Å². The van der Waals surface area contributed by atoms with Gasteiger partial charge in [-0.15, -0.1) is 0 Å². The summed E-state index contributed by atoms with van der Waals surface area (Å²) >= 11 is 0. The van der Waals surface area contributed by atoms with E-state index in [1.54, 1.807) is 19.1 Å². The highest BCUT2D eigenvalue weighted by Gasteiger charge is 2.21. The van der Waals surface area contributed by atoms with Gasteiger partial charge in [-0.1, -0.05) is 26.0 Å². The number of aromatic amines is 1. The minimum absolute atomic E-state index is 0.101. The van der Waals surface area contributed by atoms with Crippen molar-refractivity contribution in [3.63, 3.8) is 0 Å². The third kappa shape index (κ3) is 8.35. The van der Waals surface area contributed by atoms with Crippen LogP contribution in [0.4, 0.5) is 30.5 Å². The molecule has 2 heterocycles. The summed E-state index contributed by atoms with van der Waals surface area (Å²) in [6.45, 7) is 5.71. The highest BCUT2D eigenvalue weighted by atomic mass is 32.2. The number of nitrogens with one attached hydrogen (secondary N) is 3. The zero-order chi connectivity index (χ0) is 29.7. The Bertz CT molecular complexity index is 1370. The van der Waals surface area contributed by atoms with Crippen molar-refractivity contribution in [1.82, 2.24) is 20.2 Å². The number of nitrogens with two attached hydrogens (primary N) is 1. The van der Waals surface area contributed by atoms with E-state index < -0.39 is 28.7 Å². The van der Waals surface area contributed by atoms with Crippen LogP contribution in [0, 0.1) is 5.82 Å². The predicted molar refractivity (Wildman–Crippen MR) is 149 cm³/mol. The van der Waals surface area contributed by atoms with Crippen molar-refractivity contribution >= 4 is 34.6 Å². The smallest absolute Gasteiger partial charge is 0.330 e. The van der Waals surface area contributed by atoms with Crippen LogP contribution in [0.25, 0.3) is 11.3 Å². The standard InChI is InChI=1S/C23H19F3N6O3S.C2H6.CH5N/c1-13(14-2-4-15(24)5-3-14)35-19-10-16(32-36(34)23(25)26)6-7-17(19)21-18(12-33)22(31-30-21)29-20-11-27-8-9-28-20;2*1-2/h2-13,23,32H,1H3,(H2,28,29,30,31);1-2H3;2H2,1H3/t13-,36?;;/m0../s1. The molecule has 2 aromatic carbocycles. The summed E-state index contributed by atoms with van der Waals surface area (Å²) in [5.41, 5.74) is 6.04. The first-order valence-corrected chi connectivity index (χ1v) is 13.2. The monoisotopic (exact) mass is 577 g/mol. The fraction of sp³-hybridized carbons (Fsp3) is 0.231. The number of hydrogen-bond acceptors (Lipinski definition) is 8. The second-order valence-corrected chi connectivity index (χ2v) is 8.53. The van der Waals surface area contributed by atoms with Crippen LogP contribution in [-0.2, 0) is 11.0 Å². The number of anilines is 3. The lowest BCUT2D eigenvalue weighted by molar-refractivity contribution is 0.112. The Kier molecular flexibility index (Phi) is 12.7. The van der Waals surface area contributed by atoms with E-state index in [1.807, 2.05) is 13.8 Å². The molecule has 0 saturated heterocycles. The van der Waals surface area contributed by atoms with E-state index >= 15 is 0 Å². The number of aldehydes is 1. The van der Waals surface area contributed by atoms with Crippen molar-refractivity contribution < 1.29 is 26.9 Å². The van der Waals surface area contributed by atoms with Crippen LogP contribution in [0.5, 0.6) is 5.75 Å². The summed E-state index contributed by atoms with van der Waals surface area (Å²) in [7, 11) is -1.14. The molecule has 0 aliphatic heterocycles. The van der Waals surface area contributed by atoms with Crippen molar-refractivity contribution in [1.29, 1.82) is 0 Å². The molecule has 14 heteroatoms. The summed E-state index contributed by atoms with van der Waals surface area (Å²) in [4.78, 5) is 20.0. The van der Waals surface area contributed by atoms with Crippen molar-refractivity contribution in [3.05, 3.63) is 78.0 Å². The highest BCUT2D eigenvalue weighted by Crippen LogP contribution is 2.38. The lowest BCUT2D eigenvalue weighted by Gasteiger charge is -2.19. The third-order valence-electron chi connectivity index (χ3n) is 5.01. The van der Waals surface area contributed by atoms with Crippen LogP contribution >= 0.6 is 0 Å². The van der Waals surface area contributed by atoms with Gasteiger partial charge >= 0.3 is 5.76 Å². The van der Waals surface area contributed by atoms with Gasteiger partial charge in [0.1, 0.15) is 23.5 Å². The van der Waals surface area contributed by atoms with Gasteiger partial charge < -0.3 is 20.5 Å². The van der Waals surface area contributed by atoms with Crippen LogP contribution in [0.3, 0.4) is 0 Å². The quantitative estimate of drug-likeness (QED) is 0.178. The number of alkyl halides is 2. The summed E-state index contributed by atoms with van der Waals surface area (Å²) in [5, 5.41) is 9.82. The zero-order valence-corrected chi connectivity index (χ0v) is 23.0. The van der Waals surface area contributed by atoms with Crippen LogP contribution in [0.1, 0.15) is 42.8 Å². The Morgan fingerprint density at radius 2 is 1.80 bits per heavy atom. The van der Waals surface area contributed by atoms with Crippen molar-refractivity contribution in [2.24, 2.45) is 5.73 Å². The molecule has 0 saturated carbocycles. The van der Waals surface area contributed by atoms with Crippen molar-refractivity contribution in [3.8, 4) is 17.0 Å². The van der Waals surface area contributed by atoms with E-state index in [0.29, 0.717) is 23.2 Å². The van der Waals surface area contributed by atoms with E-state index in [2.05, 4.69) is 35.9 Å². The second kappa shape index (κ2) is 16.0. The molecular weight excluding hydrogens is 547 g/mol. The molecule has 0 amide bonds. The SMILES string of the molecule is CC.CN.C[C@H](Oc1cc(NS(=O)C(F)F)ccc1-c1[nH]nc(Nc2cnccn2)c1C=O)c1ccc(F)cc1. The Morgan fingerprint density at radius 3 is 2.40 bits per heavy atom. The molecule has 2 aromatic heterocycles. The maximum atomic E-state index is 13.3. The van der Waals surface area contributed by atoms with Crippen LogP contribution < -0.4 is 20.5 Å². The third-order valence-corrected chi connectivity index (χ3v) is 5.77. The number of carbonyl (C=O) groups excluding carboxylic acids is 1. The van der Waals surface area contributed by atoms with Gasteiger partial charge in [-0.05, 0) is 43.8 Å². The van der Waals surface area contributed by atoms with E-state index in [4.69, 9.17) is 4.74 Å². The van der Waals surface area contributed by atoms with Crippen LogP contribution in [0.2, 0.25) is 0 Å². The molecule has 4 aromatic rings. The van der Waals surface area contributed by atoms with Gasteiger partial charge in [0.15, 0.2) is 23.1 Å². The second-order valence-electron chi connectivity index (χ2n) is 7.38. The number of aromatic nitrogens is 4. The fourth-order valence-corrected chi connectivity index (χ4v) is 3.74. The van der Waals surface area contributed by atoms with Crippen LogP contribution in [0.15, 0.2) is 61.1 Å². The molecule has 0 spiro atoms. The zero-order valence-electron chi connectivity index (χ0n) is 22.2. The van der Waals surface area contributed by atoms with Gasteiger partial charge in [0, 0.05) is 24.0 Å². The maximum Gasteiger partial charge on any atom is 0.330 e. The maximum absolute atomic E-state index is 13.3.